The van der Waals surface area contributed by atoms with E-state index in [9.17, 15) is 4.79 Å². The summed E-state index contributed by atoms with van der Waals surface area (Å²) in [6.45, 7) is 1.89. The van der Waals surface area contributed by atoms with Gasteiger partial charge in [-0.05, 0) is 18.1 Å². The lowest BCUT2D eigenvalue weighted by Crippen LogP contribution is -2.24. The number of rotatable bonds is 3. The minimum atomic E-state index is -0.668. The molecule has 0 radical (unpaired) electrons. The standard InChI is InChI=1S/C11H13N3O/c1-9(8-13-14-11(12)15)7-10-5-3-2-4-6-10/h2-8H,1H3,(H3,12,14,15)/b9-7+,13-8-. The largest absolute Gasteiger partial charge is 0.350 e. The molecular formula is C11H13N3O. The fraction of sp³-hybridized carbons (Fsp3) is 0.0909. The molecule has 0 bridgehead atoms. The van der Waals surface area contributed by atoms with Crippen LogP contribution < -0.4 is 11.2 Å². The van der Waals surface area contributed by atoms with Crippen molar-refractivity contribution in [2.24, 2.45) is 10.8 Å². The molecule has 0 aliphatic carbocycles. The van der Waals surface area contributed by atoms with Crippen molar-refractivity contribution in [2.75, 3.05) is 0 Å². The molecule has 4 nitrogen and oxygen atoms in total. The van der Waals surface area contributed by atoms with Gasteiger partial charge in [0.15, 0.2) is 0 Å². The molecule has 0 atom stereocenters. The SMILES string of the molecule is CC(/C=N\NC(N)=O)=C\c1ccccc1. The molecule has 78 valence electrons. The van der Waals surface area contributed by atoms with Gasteiger partial charge in [0, 0.05) is 0 Å². The first-order valence-corrected chi connectivity index (χ1v) is 4.50. The maximum Gasteiger partial charge on any atom is 0.332 e. The van der Waals surface area contributed by atoms with E-state index >= 15 is 0 Å². The van der Waals surface area contributed by atoms with Crippen molar-refractivity contribution in [3.05, 3.63) is 41.5 Å². The number of hydrogen-bond donors (Lipinski definition) is 2. The summed E-state index contributed by atoms with van der Waals surface area (Å²) in [6, 6.07) is 9.17. The molecule has 2 amide bonds. The van der Waals surface area contributed by atoms with E-state index in [1.165, 1.54) is 6.21 Å². The highest BCUT2D eigenvalue weighted by Crippen LogP contribution is 2.04. The van der Waals surface area contributed by atoms with E-state index in [-0.39, 0.29) is 0 Å². The number of hydrogen-bond acceptors (Lipinski definition) is 2. The fourth-order valence-corrected chi connectivity index (χ4v) is 1.05. The summed E-state index contributed by atoms with van der Waals surface area (Å²) in [5.41, 5.74) is 8.99. The number of carbonyl (C=O) groups excluding carboxylic acids is 1. The first-order chi connectivity index (χ1) is 7.18. The molecule has 4 heteroatoms. The highest BCUT2D eigenvalue weighted by molar-refractivity contribution is 5.85. The maximum absolute atomic E-state index is 10.3. The Hall–Kier alpha value is -2.10. The van der Waals surface area contributed by atoms with Crippen molar-refractivity contribution in [1.29, 1.82) is 0 Å². The number of nitrogens with two attached hydrogens (primary N) is 1. The Bertz CT molecular complexity index is 382. The summed E-state index contributed by atoms with van der Waals surface area (Å²) >= 11 is 0. The molecule has 0 unspecified atom stereocenters. The van der Waals surface area contributed by atoms with Gasteiger partial charge < -0.3 is 5.73 Å². The molecule has 1 aromatic rings. The number of benzene rings is 1. The summed E-state index contributed by atoms with van der Waals surface area (Å²) in [6.07, 6.45) is 3.49. The van der Waals surface area contributed by atoms with Crippen LogP contribution in [0, 0.1) is 0 Å². The third-order valence-corrected chi connectivity index (χ3v) is 1.64. The minimum Gasteiger partial charge on any atom is -0.350 e. The Labute approximate surface area is 88.5 Å². The Balaban J connectivity index is 2.61. The van der Waals surface area contributed by atoms with Crippen molar-refractivity contribution in [3.8, 4) is 0 Å². The summed E-state index contributed by atoms with van der Waals surface area (Å²) in [5.74, 6) is 0. The first-order valence-electron chi connectivity index (χ1n) is 4.50. The van der Waals surface area contributed by atoms with Crippen LogP contribution >= 0.6 is 0 Å². The second-order valence-corrected chi connectivity index (χ2v) is 3.03. The molecule has 0 fully saturated rings. The number of primary amides is 1. The normalized spacial score (nSPS) is 11.7. The van der Waals surface area contributed by atoms with Gasteiger partial charge in [-0.25, -0.2) is 10.2 Å². The van der Waals surface area contributed by atoms with Gasteiger partial charge >= 0.3 is 6.03 Å². The number of allylic oxidation sites excluding steroid dienone is 1. The van der Waals surface area contributed by atoms with Crippen LogP contribution in [0.5, 0.6) is 0 Å². The van der Waals surface area contributed by atoms with E-state index in [0.29, 0.717) is 0 Å². The third-order valence-electron chi connectivity index (χ3n) is 1.64. The zero-order valence-electron chi connectivity index (χ0n) is 8.47. The van der Waals surface area contributed by atoms with Gasteiger partial charge in [-0.1, -0.05) is 36.4 Å². The van der Waals surface area contributed by atoms with E-state index in [4.69, 9.17) is 5.73 Å². The van der Waals surface area contributed by atoms with E-state index in [1.54, 1.807) is 0 Å². The summed E-state index contributed by atoms with van der Waals surface area (Å²) in [4.78, 5) is 10.3. The zero-order valence-corrected chi connectivity index (χ0v) is 8.47. The average molecular weight is 203 g/mol. The second-order valence-electron chi connectivity index (χ2n) is 3.03. The Morgan fingerprint density at radius 1 is 1.40 bits per heavy atom. The molecule has 0 heterocycles. The quantitative estimate of drug-likeness (QED) is 0.570. The lowest BCUT2D eigenvalue weighted by atomic mass is 10.1. The number of carbonyl (C=O) groups is 1. The highest BCUT2D eigenvalue weighted by atomic mass is 16.2. The maximum atomic E-state index is 10.3. The van der Waals surface area contributed by atoms with Gasteiger partial charge in [0.1, 0.15) is 0 Å². The van der Waals surface area contributed by atoms with Gasteiger partial charge in [-0.3, -0.25) is 0 Å². The predicted octanol–water partition coefficient (Wildman–Crippen LogP) is 1.74. The molecule has 1 aromatic carbocycles. The molecule has 0 aromatic heterocycles. The van der Waals surface area contributed by atoms with Crippen molar-refractivity contribution < 1.29 is 4.79 Å². The van der Waals surface area contributed by atoms with E-state index < -0.39 is 6.03 Å². The Morgan fingerprint density at radius 3 is 2.67 bits per heavy atom. The van der Waals surface area contributed by atoms with Crippen LogP contribution in [0.15, 0.2) is 41.0 Å². The number of amides is 2. The van der Waals surface area contributed by atoms with Crippen LogP contribution in [0.3, 0.4) is 0 Å². The van der Waals surface area contributed by atoms with Crippen LogP contribution in [-0.4, -0.2) is 12.2 Å². The summed E-state index contributed by atoms with van der Waals surface area (Å²) in [5, 5.41) is 3.65. The minimum absolute atomic E-state index is 0.668. The molecule has 3 N–H and O–H groups in total. The zero-order chi connectivity index (χ0) is 11.1. The number of nitrogens with one attached hydrogen (secondary N) is 1. The molecule has 0 saturated heterocycles. The smallest absolute Gasteiger partial charge is 0.332 e. The predicted molar refractivity (Wildman–Crippen MR) is 61.3 cm³/mol. The molecule has 0 spiro atoms. The summed E-state index contributed by atoms with van der Waals surface area (Å²) < 4.78 is 0. The number of hydrazone groups is 1. The summed E-state index contributed by atoms with van der Waals surface area (Å²) in [7, 11) is 0. The Morgan fingerprint density at radius 2 is 2.07 bits per heavy atom. The monoisotopic (exact) mass is 203 g/mol. The molecule has 0 aliphatic heterocycles. The van der Waals surface area contributed by atoms with Gasteiger partial charge in [0.2, 0.25) is 0 Å². The lowest BCUT2D eigenvalue weighted by molar-refractivity contribution is 0.249. The van der Waals surface area contributed by atoms with Crippen LogP contribution in [-0.2, 0) is 0 Å². The van der Waals surface area contributed by atoms with E-state index in [1.807, 2.05) is 43.3 Å². The van der Waals surface area contributed by atoms with Crippen LogP contribution in [0.25, 0.3) is 6.08 Å². The van der Waals surface area contributed by atoms with Crippen LogP contribution in [0.1, 0.15) is 12.5 Å². The molecule has 1 rings (SSSR count). The van der Waals surface area contributed by atoms with Crippen molar-refractivity contribution in [1.82, 2.24) is 5.43 Å². The van der Waals surface area contributed by atoms with Crippen LogP contribution in [0.2, 0.25) is 0 Å². The second kappa shape index (κ2) is 5.59. The first kappa shape index (κ1) is 11.0. The number of nitrogens with zero attached hydrogens (tertiary/aromatic N) is 1. The van der Waals surface area contributed by atoms with Gasteiger partial charge in [0.05, 0.1) is 6.21 Å². The average Bonchev–Trinajstić information content (AvgIpc) is 2.18. The molecule has 0 saturated carbocycles. The molecule has 15 heavy (non-hydrogen) atoms. The van der Waals surface area contributed by atoms with Crippen molar-refractivity contribution in [3.63, 3.8) is 0 Å². The van der Waals surface area contributed by atoms with Gasteiger partial charge in [-0.2, -0.15) is 5.10 Å². The van der Waals surface area contributed by atoms with Crippen molar-refractivity contribution >= 4 is 18.3 Å². The van der Waals surface area contributed by atoms with E-state index in [0.717, 1.165) is 11.1 Å². The highest BCUT2D eigenvalue weighted by Gasteiger charge is 1.88. The number of urea groups is 1. The van der Waals surface area contributed by atoms with Gasteiger partial charge in [0.25, 0.3) is 0 Å². The van der Waals surface area contributed by atoms with E-state index in [2.05, 4.69) is 10.5 Å². The third kappa shape index (κ3) is 4.61. The van der Waals surface area contributed by atoms with Crippen molar-refractivity contribution in [2.45, 2.75) is 6.92 Å². The van der Waals surface area contributed by atoms with Crippen LogP contribution in [0.4, 0.5) is 4.79 Å². The van der Waals surface area contributed by atoms with Gasteiger partial charge in [-0.15, -0.1) is 0 Å². The molecular weight excluding hydrogens is 190 g/mol. The fourth-order valence-electron chi connectivity index (χ4n) is 1.05. The lowest BCUT2D eigenvalue weighted by Gasteiger charge is -1.94. The topological polar surface area (TPSA) is 67.5 Å². The Kier molecular flexibility index (Phi) is 4.09. The molecule has 0 aliphatic rings.